The molecule has 3 aromatic rings. The molecule has 1 heterocycles. The topological polar surface area (TPSA) is 34.0 Å². The highest BCUT2D eigenvalue weighted by Gasteiger charge is 2.15. The zero-order chi connectivity index (χ0) is 15.9. The summed E-state index contributed by atoms with van der Waals surface area (Å²) in [7, 11) is 1.96. The molecule has 112 valence electrons. The number of hydrogen-bond donors (Lipinski definition) is 1. The van der Waals surface area contributed by atoms with Gasteiger partial charge >= 0.3 is 0 Å². The van der Waals surface area contributed by atoms with Crippen molar-refractivity contribution in [1.29, 1.82) is 0 Å². The smallest absolute Gasteiger partial charge is 0.257 e. The van der Waals surface area contributed by atoms with Crippen LogP contribution in [0.1, 0.15) is 27.0 Å². The van der Waals surface area contributed by atoms with Gasteiger partial charge in [0, 0.05) is 29.8 Å². The van der Waals surface area contributed by atoms with E-state index in [0.717, 1.165) is 27.7 Å². The van der Waals surface area contributed by atoms with Crippen LogP contribution in [0.2, 0.25) is 0 Å². The molecule has 0 atom stereocenters. The van der Waals surface area contributed by atoms with E-state index < -0.39 is 0 Å². The van der Waals surface area contributed by atoms with Gasteiger partial charge in [-0.15, -0.1) is 0 Å². The average molecular weight is 292 g/mol. The fourth-order valence-corrected chi connectivity index (χ4v) is 3.08. The largest absolute Gasteiger partial charge is 0.350 e. The maximum Gasteiger partial charge on any atom is 0.257 e. The molecule has 1 N–H and O–H groups in total. The lowest BCUT2D eigenvalue weighted by molar-refractivity contribution is 0.102. The minimum absolute atomic E-state index is 0.0631. The molecule has 1 amide bonds. The Morgan fingerprint density at radius 2 is 1.68 bits per heavy atom. The van der Waals surface area contributed by atoms with Crippen molar-refractivity contribution >= 4 is 22.5 Å². The third kappa shape index (κ3) is 2.39. The number of rotatable bonds is 2. The van der Waals surface area contributed by atoms with E-state index in [0.29, 0.717) is 5.56 Å². The lowest BCUT2D eigenvalue weighted by Crippen LogP contribution is -2.13. The van der Waals surface area contributed by atoms with E-state index in [1.54, 1.807) is 0 Å². The number of nitrogens with zero attached hydrogens (tertiary/aromatic N) is 1. The monoisotopic (exact) mass is 292 g/mol. The maximum absolute atomic E-state index is 12.7. The van der Waals surface area contributed by atoms with Crippen molar-refractivity contribution in [3.8, 4) is 0 Å². The van der Waals surface area contributed by atoms with Gasteiger partial charge in [0.25, 0.3) is 5.91 Å². The molecule has 0 aliphatic heterocycles. The fourth-order valence-electron chi connectivity index (χ4n) is 3.08. The first-order valence-corrected chi connectivity index (χ1v) is 7.40. The van der Waals surface area contributed by atoms with Gasteiger partial charge in [0.05, 0.1) is 5.56 Å². The summed E-state index contributed by atoms with van der Waals surface area (Å²) in [6.07, 6.45) is 1.89. The molecule has 22 heavy (non-hydrogen) atoms. The van der Waals surface area contributed by atoms with Crippen LogP contribution in [0.25, 0.3) is 10.9 Å². The quantitative estimate of drug-likeness (QED) is 0.748. The van der Waals surface area contributed by atoms with Gasteiger partial charge in [0.15, 0.2) is 0 Å². The highest BCUT2D eigenvalue weighted by Crippen LogP contribution is 2.25. The Balaban J connectivity index is 2.01. The van der Waals surface area contributed by atoms with Crippen LogP contribution in [0, 0.1) is 20.8 Å². The van der Waals surface area contributed by atoms with E-state index in [4.69, 9.17) is 0 Å². The molecule has 0 unspecified atom stereocenters. The molecule has 0 saturated carbocycles. The highest BCUT2D eigenvalue weighted by atomic mass is 16.1. The SMILES string of the molecule is Cc1cc(C)c(NC(=O)c2cn(C)c3ccccc23)c(C)c1. The van der Waals surface area contributed by atoms with Crippen LogP contribution in [0.3, 0.4) is 0 Å². The van der Waals surface area contributed by atoms with E-state index in [1.807, 2.05) is 55.9 Å². The first-order chi connectivity index (χ1) is 10.5. The Bertz CT molecular complexity index is 851. The van der Waals surface area contributed by atoms with Crippen molar-refractivity contribution in [3.05, 3.63) is 64.8 Å². The number of para-hydroxylation sites is 1. The molecule has 2 aromatic carbocycles. The molecule has 3 rings (SSSR count). The maximum atomic E-state index is 12.7. The highest BCUT2D eigenvalue weighted by molar-refractivity contribution is 6.13. The number of carbonyl (C=O) groups excluding carboxylic acids is 1. The predicted octanol–water partition coefficient (Wildman–Crippen LogP) is 4.36. The van der Waals surface area contributed by atoms with Crippen molar-refractivity contribution in [3.63, 3.8) is 0 Å². The summed E-state index contributed by atoms with van der Waals surface area (Å²) >= 11 is 0. The van der Waals surface area contributed by atoms with Crippen molar-refractivity contribution in [2.24, 2.45) is 7.05 Å². The first-order valence-electron chi connectivity index (χ1n) is 7.40. The molecule has 0 saturated heterocycles. The molecular formula is C19H20N2O. The summed E-state index contributed by atoms with van der Waals surface area (Å²) in [5, 5.41) is 4.05. The van der Waals surface area contributed by atoms with E-state index in [2.05, 4.69) is 24.4 Å². The van der Waals surface area contributed by atoms with E-state index in [-0.39, 0.29) is 5.91 Å². The zero-order valence-corrected chi connectivity index (χ0v) is 13.4. The number of aryl methyl sites for hydroxylation is 4. The number of amides is 1. The molecular weight excluding hydrogens is 272 g/mol. The summed E-state index contributed by atoms with van der Waals surface area (Å²) in [4.78, 5) is 12.7. The van der Waals surface area contributed by atoms with Crippen LogP contribution in [0.15, 0.2) is 42.6 Å². The van der Waals surface area contributed by atoms with E-state index in [9.17, 15) is 4.79 Å². The number of aromatic nitrogens is 1. The van der Waals surface area contributed by atoms with Gasteiger partial charge in [0.2, 0.25) is 0 Å². The molecule has 0 spiro atoms. The number of anilines is 1. The first kappa shape index (κ1) is 14.4. The minimum Gasteiger partial charge on any atom is -0.350 e. The van der Waals surface area contributed by atoms with Gasteiger partial charge < -0.3 is 9.88 Å². The zero-order valence-electron chi connectivity index (χ0n) is 13.4. The van der Waals surface area contributed by atoms with Gasteiger partial charge in [-0.05, 0) is 38.0 Å². The number of carbonyl (C=O) groups is 1. The molecule has 0 aliphatic rings. The molecule has 1 aromatic heterocycles. The molecule has 3 heteroatoms. The molecule has 3 nitrogen and oxygen atoms in total. The van der Waals surface area contributed by atoms with Crippen LogP contribution in [-0.2, 0) is 7.05 Å². The summed E-state index contributed by atoms with van der Waals surface area (Å²) in [5.41, 5.74) is 6.06. The lowest BCUT2D eigenvalue weighted by Gasteiger charge is -2.12. The van der Waals surface area contributed by atoms with Gasteiger partial charge in [-0.25, -0.2) is 0 Å². The second kappa shape index (κ2) is 5.34. The number of hydrogen-bond acceptors (Lipinski definition) is 1. The molecule has 0 bridgehead atoms. The summed E-state index contributed by atoms with van der Waals surface area (Å²) in [6.45, 7) is 6.12. The second-order valence-corrected chi connectivity index (χ2v) is 5.90. The Morgan fingerprint density at radius 1 is 1.05 bits per heavy atom. The van der Waals surface area contributed by atoms with Crippen LogP contribution < -0.4 is 5.32 Å². The normalized spacial score (nSPS) is 10.9. The van der Waals surface area contributed by atoms with Crippen LogP contribution >= 0.6 is 0 Å². The summed E-state index contributed by atoms with van der Waals surface area (Å²) in [5.74, 6) is -0.0631. The van der Waals surface area contributed by atoms with Crippen LogP contribution in [0.5, 0.6) is 0 Å². The van der Waals surface area contributed by atoms with Crippen LogP contribution in [0.4, 0.5) is 5.69 Å². The minimum atomic E-state index is -0.0631. The fraction of sp³-hybridized carbons (Fsp3) is 0.211. The standard InChI is InChI=1S/C19H20N2O/c1-12-9-13(2)18(14(3)10-12)20-19(22)16-11-21(4)17-8-6-5-7-15(16)17/h5-11H,1-4H3,(H,20,22). The number of benzene rings is 2. The third-order valence-corrected chi connectivity index (χ3v) is 4.06. The van der Waals surface area contributed by atoms with Crippen molar-refractivity contribution in [2.75, 3.05) is 5.32 Å². The summed E-state index contributed by atoms with van der Waals surface area (Å²) in [6, 6.07) is 12.1. The van der Waals surface area contributed by atoms with E-state index in [1.165, 1.54) is 5.56 Å². The predicted molar refractivity (Wildman–Crippen MR) is 91.5 cm³/mol. The van der Waals surface area contributed by atoms with Gasteiger partial charge in [-0.1, -0.05) is 35.9 Å². The van der Waals surface area contributed by atoms with Gasteiger partial charge in [0.1, 0.15) is 0 Å². The lowest BCUT2D eigenvalue weighted by atomic mass is 10.0. The number of nitrogens with one attached hydrogen (secondary N) is 1. The average Bonchev–Trinajstić information content (AvgIpc) is 2.80. The molecule has 0 aliphatic carbocycles. The molecule has 0 fully saturated rings. The Labute approximate surface area is 130 Å². The van der Waals surface area contributed by atoms with Crippen molar-refractivity contribution in [1.82, 2.24) is 4.57 Å². The summed E-state index contributed by atoms with van der Waals surface area (Å²) < 4.78 is 1.99. The van der Waals surface area contributed by atoms with Gasteiger partial charge in [-0.2, -0.15) is 0 Å². The Hall–Kier alpha value is -2.55. The molecule has 0 radical (unpaired) electrons. The third-order valence-electron chi connectivity index (χ3n) is 4.06. The second-order valence-electron chi connectivity index (χ2n) is 5.90. The Kier molecular flexibility index (Phi) is 3.49. The number of fused-ring (bicyclic) bond motifs is 1. The van der Waals surface area contributed by atoms with Crippen molar-refractivity contribution < 1.29 is 4.79 Å². The van der Waals surface area contributed by atoms with E-state index >= 15 is 0 Å². The Morgan fingerprint density at radius 3 is 2.36 bits per heavy atom. The van der Waals surface area contributed by atoms with Crippen LogP contribution in [-0.4, -0.2) is 10.5 Å². The van der Waals surface area contributed by atoms with Gasteiger partial charge in [-0.3, -0.25) is 4.79 Å². The van der Waals surface area contributed by atoms with Crippen molar-refractivity contribution in [2.45, 2.75) is 20.8 Å².